The fourth-order valence-corrected chi connectivity index (χ4v) is 3.66. The Labute approximate surface area is 151 Å². The second-order valence-corrected chi connectivity index (χ2v) is 6.96. The molecule has 0 bridgehead atoms. The summed E-state index contributed by atoms with van der Waals surface area (Å²) in [6.45, 7) is 5.35. The Kier molecular flexibility index (Phi) is 4.10. The second-order valence-electron chi connectivity index (χ2n) is 6.96. The number of piperidine rings is 1. The number of hydrogen-bond acceptors (Lipinski definition) is 6. The maximum atomic E-state index is 12.7. The van der Waals surface area contributed by atoms with Crippen LogP contribution in [0.15, 0.2) is 29.2 Å². The summed E-state index contributed by atoms with van der Waals surface area (Å²) < 4.78 is 5.05. The van der Waals surface area contributed by atoms with Gasteiger partial charge in [0.2, 0.25) is 0 Å². The summed E-state index contributed by atoms with van der Waals surface area (Å²) >= 11 is 0. The zero-order chi connectivity index (χ0) is 18.3. The first-order chi connectivity index (χ1) is 12.5. The van der Waals surface area contributed by atoms with Crippen molar-refractivity contribution < 1.29 is 9.32 Å². The van der Waals surface area contributed by atoms with Gasteiger partial charge in [0.05, 0.1) is 11.4 Å². The summed E-state index contributed by atoms with van der Waals surface area (Å²) in [6.07, 6.45) is 4.36. The third-order valence-corrected chi connectivity index (χ3v) is 5.22. The van der Waals surface area contributed by atoms with E-state index >= 15 is 0 Å². The number of nitrogens with one attached hydrogen (secondary N) is 1. The lowest BCUT2D eigenvalue weighted by atomic mass is 9.92. The average Bonchev–Trinajstić information content (AvgIpc) is 3.29. The number of rotatable bonds is 3. The van der Waals surface area contributed by atoms with Crippen molar-refractivity contribution in [1.82, 2.24) is 25.0 Å². The summed E-state index contributed by atoms with van der Waals surface area (Å²) in [6, 6.07) is 3.83. The number of amides is 1. The lowest BCUT2D eigenvalue weighted by molar-refractivity contribution is 0.0659. The fourth-order valence-electron chi connectivity index (χ4n) is 3.66. The first kappa shape index (κ1) is 16.6. The van der Waals surface area contributed by atoms with E-state index in [0.717, 1.165) is 29.8 Å². The van der Waals surface area contributed by atoms with Gasteiger partial charge in [0.25, 0.3) is 5.91 Å². The van der Waals surface area contributed by atoms with Gasteiger partial charge in [0.1, 0.15) is 23.6 Å². The highest BCUT2D eigenvalue weighted by atomic mass is 16.5. The minimum atomic E-state index is -0.0818. The van der Waals surface area contributed by atoms with Crippen molar-refractivity contribution in [1.29, 1.82) is 0 Å². The molecule has 3 aromatic rings. The van der Waals surface area contributed by atoms with E-state index in [9.17, 15) is 4.79 Å². The Hall–Kier alpha value is -2.90. The molecule has 1 saturated heterocycles. The summed E-state index contributed by atoms with van der Waals surface area (Å²) in [5, 5.41) is 4.85. The van der Waals surface area contributed by atoms with E-state index in [0.29, 0.717) is 23.9 Å². The minimum Gasteiger partial charge on any atom is -0.361 e. The maximum Gasteiger partial charge on any atom is 0.276 e. The van der Waals surface area contributed by atoms with E-state index in [2.05, 4.69) is 31.9 Å². The first-order valence-corrected chi connectivity index (χ1v) is 8.78. The molecule has 2 unspecified atom stereocenters. The number of fused-ring (bicyclic) bond motifs is 1. The normalized spacial score (nSPS) is 20.5. The van der Waals surface area contributed by atoms with Gasteiger partial charge in [-0.15, -0.1) is 0 Å². The van der Waals surface area contributed by atoms with Gasteiger partial charge >= 0.3 is 0 Å². The van der Waals surface area contributed by atoms with E-state index in [4.69, 9.17) is 4.52 Å². The molecule has 1 amide bonds. The van der Waals surface area contributed by atoms with Gasteiger partial charge in [-0.3, -0.25) is 4.79 Å². The van der Waals surface area contributed by atoms with Gasteiger partial charge in [-0.05, 0) is 25.3 Å². The second kappa shape index (κ2) is 6.44. The molecule has 0 saturated carbocycles. The monoisotopic (exact) mass is 354 g/mol. The van der Waals surface area contributed by atoms with Crippen molar-refractivity contribution >= 4 is 22.8 Å². The van der Waals surface area contributed by atoms with Gasteiger partial charge < -0.3 is 19.3 Å². The van der Waals surface area contributed by atoms with Gasteiger partial charge in [-0.2, -0.15) is 0 Å². The number of hydrogen-bond donors (Lipinski definition) is 1. The highest BCUT2D eigenvalue weighted by Crippen LogP contribution is 2.29. The Morgan fingerprint density at radius 1 is 1.42 bits per heavy atom. The predicted molar refractivity (Wildman–Crippen MR) is 97.0 cm³/mol. The average molecular weight is 354 g/mol. The smallest absolute Gasteiger partial charge is 0.276 e. The molecule has 8 heteroatoms. The number of carbonyl (C=O) groups excluding carboxylic acids is 1. The van der Waals surface area contributed by atoms with Crippen LogP contribution in [0, 0.1) is 12.8 Å². The molecule has 1 fully saturated rings. The van der Waals surface area contributed by atoms with Crippen molar-refractivity contribution in [3.8, 4) is 0 Å². The third-order valence-electron chi connectivity index (χ3n) is 5.22. The third kappa shape index (κ3) is 2.81. The quantitative estimate of drug-likeness (QED) is 0.776. The Bertz CT molecular complexity index is 933. The minimum absolute atomic E-state index is 0.0818. The standard InChI is InChI=1S/C18H22N6O2/c1-11-5-7-24(18(25)14-8-12(2)26-22-14)9-15(11)23(3)17-13-4-6-19-16(13)20-10-21-17/h4,6,8,10-11,15H,5,7,9H2,1-3H3,(H,19,20,21). The lowest BCUT2D eigenvalue weighted by Crippen LogP contribution is -2.53. The number of aromatic nitrogens is 4. The van der Waals surface area contributed by atoms with Crippen LogP contribution in [0.3, 0.4) is 0 Å². The molecule has 4 rings (SSSR count). The molecule has 0 aromatic carbocycles. The molecule has 2 atom stereocenters. The Balaban J connectivity index is 1.58. The van der Waals surface area contributed by atoms with E-state index in [-0.39, 0.29) is 11.9 Å². The van der Waals surface area contributed by atoms with Crippen molar-refractivity contribution in [2.24, 2.45) is 5.92 Å². The van der Waals surface area contributed by atoms with Crippen molar-refractivity contribution in [3.63, 3.8) is 0 Å². The number of nitrogens with zero attached hydrogens (tertiary/aromatic N) is 5. The molecular weight excluding hydrogens is 332 g/mol. The zero-order valence-electron chi connectivity index (χ0n) is 15.1. The molecule has 26 heavy (non-hydrogen) atoms. The number of carbonyl (C=O) groups is 1. The number of anilines is 1. The molecule has 3 aromatic heterocycles. The first-order valence-electron chi connectivity index (χ1n) is 8.78. The maximum absolute atomic E-state index is 12.7. The van der Waals surface area contributed by atoms with Crippen LogP contribution < -0.4 is 4.90 Å². The van der Waals surface area contributed by atoms with Crippen LogP contribution in [-0.2, 0) is 0 Å². The van der Waals surface area contributed by atoms with Gasteiger partial charge in [0.15, 0.2) is 5.69 Å². The highest BCUT2D eigenvalue weighted by molar-refractivity contribution is 5.92. The molecular formula is C18H22N6O2. The summed E-state index contributed by atoms with van der Waals surface area (Å²) in [4.78, 5) is 28.6. The molecule has 1 aliphatic rings. The van der Waals surface area contributed by atoms with Gasteiger partial charge in [0, 0.05) is 32.4 Å². The van der Waals surface area contributed by atoms with E-state index in [1.807, 2.05) is 24.2 Å². The van der Waals surface area contributed by atoms with E-state index in [1.165, 1.54) is 0 Å². The van der Waals surface area contributed by atoms with E-state index in [1.54, 1.807) is 19.3 Å². The van der Waals surface area contributed by atoms with Crippen LogP contribution in [-0.4, -0.2) is 57.1 Å². The number of aromatic amines is 1. The molecule has 136 valence electrons. The van der Waals surface area contributed by atoms with Crippen LogP contribution in [0.5, 0.6) is 0 Å². The van der Waals surface area contributed by atoms with Gasteiger partial charge in [-0.1, -0.05) is 12.1 Å². The van der Waals surface area contributed by atoms with Gasteiger partial charge in [-0.25, -0.2) is 9.97 Å². The molecule has 0 radical (unpaired) electrons. The van der Waals surface area contributed by atoms with Crippen LogP contribution in [0.1, 0.15) is 29.6 Å². The number of H-pyrrole nitrogens is 1. The highest BCUT2D eigenvalue weighted by Gasteiger charge is 2.33. The molecule has 0 spiro atoms. The van der Waals surface area contributed by atoms with Crippen molar-refractivity contribution in [2.45, 2.75) is 26.3 Å². The predicted octanol–water partition coefficient (Wildman–Crippen LogP) is 2.24. The van der Waals surface area contributed by atoms with Crippen LogP contribution in [0.2, 0.25) is 0 Å². The molecule has 8 nitrogen and oxygen atoms in total. The zero-order valence-corrected chi connectivity index (χ0v) is 15.1. The van der Waals surface area contributed by atoms with Crippen molar-refractivity contribution in [2.75, 3.05) is 25.0 Å². The topological polar surface area (TPSA) is 91.2 Å². The Morgan fingerprint density at radius 3 is 3.04 bits per heavy atom. The lowest BCUT2D eigenvalue weighted by Gasteiger charge is -2.42. The Morgan fingerprint density at radius 2 is 2.27 bits per heavy atom. The van der Waals surface area contributed by atoms with Crippen LogP contribution >= 0.6 is 0 Å². The molecule has 1 N–H and O–H groups in total. The number of likely N-dealkylation sites (tertiary alicyclic amines) is 1. The largest absolute Gasteiger partial charge is 0.361 e. The SMILES string of the molecule is Cc1cc(C(=O)N2CCC(C)C(N(C)c3ncnc4[nH]ccc34)C2)no1. The number of aryl methyl sites for hydroxylation is 1. The van der Waals surface area contributed by atoms with Crippen molar-refractivity contribution in [3.05, 3.63) is 36.1 Å². The van der Waals surface area contributed by atoms with E-state index < -0.39 is 0 Å². The summed E-state index contributed by atoms with van der Waals surface area (Å²) in [5.41, 5.74) is 1.19. The summed E-state index contributed by atoms with van der Waals surface area (Å²) in [7, 11) is 2.03. The van der Waals surface area contributed by atoms with Crippen LogP contribution in [0.25, 0.3) is 11.0 Å². The fraction of sp³-hybridized carbons (Fsp3) is 0.444. The molecule has 1 aliphatic heterocycles. The molecule has 4 heterocycles. The van der Waals surface area contributed by atoms with Crippen LogP contribution in [0.4, 0.5) is 5.82 Å². The molecule has 0 aliphatic carbocycles. The number of likely N-dealkylation sites (N-methyl/N-ethyl adjacent to an activating group) is 1. The summed E-state index contributed by atoms with van der Waals surface area (Å²) in [5.74, 6) is 1.87.